The molecule has 1 fully saturated rings. The summed E-state index contributed by atoms with van der Waals surface area (Å²) in [5.74, 6) is 1.46. The summed E-state index contributed by atoms with van der Waals surface area (Å²) in [5, 5.41) is 7.49. The van der Waals surface area contributed by atoms with E-state index in [-0.39, 0.29) is 11.9 Å². The number of ether oxygens (including phenoxy) is 1. The van der Waals surface area contributed by atoms with Gasteiger partial charge in [0.15, 0.2) is 5.82 Å². The molecule has 192 valence electrons. The molecule has 1 atom stereocenters. The first-order valence-electron chi connectivity index (χ1n) is 11.9. The van der Waals surface area contributed by atoms with Crippen LogP contribution in [0.15, 0.2) is 61.3 Å². The molecule has 2 aliphatic rings. The van der Waals surface area contributed by atoms with Gasteiger partial charge in [-0.3, -0.25) is 4.79 Å². The number of nitrogens with zero attached hydrogens (tertiary/aromatic N) is 4. The van der Waals surface area contributed by atoms with Crippen LogP contribution in [0, 0.1) is 0 Å². The Morgan fingerprint density at radius 2 is 2.03 bits per heavy atom. The molecule has 0 saturated carbocycles. The third kappa shape index (κ3) is 5.29. The Bertz CT molecular complexity index is 1410. The zero-order chi connectivity index (χ0) is 26.2. The fraction of sp³-hybridized carbons (Fsp3) is 0.269. The highest BCUT2D eigenvalue weighted by molar-refractivity contribution is 7.70. The highest BCUT2D eigenvalue weighted by Crippen LogP contribution is 2.39. The van der Waals surface area contributed by atoms with Crippen molar-refractivity contribution in [1.29, 1.82) is 0 Å². The zero-order valence-electron chi connectivity index (χ0n) is 20.6. The summed E-state index contributed by atoms with van der Waals surface area (Å²) in [4.78, 5) is 25.0. The number of hydrogen-bond donors (Lipinski definition) is 2. The number of carbonyl (C=O) groups is 1. The average molecular weight is 539 g/mol. The van der Waals surface area contributed by atoms with Gasteiger partial charge in [-0.2, -0.15) is 4.98 Å². The molecular formula is C26H28ClN6O3P. The zero-order valence-corrected chi connectivity index (χ0v) is 22.3. The van der Waals surface area contributed by atoms with Gasteiger partial charge in [-0.25, -0.2) is 4.98 Å². The summed E-state index contributed by atoms with van der Waals surface area (Å²) in [6.45, 7) is 9.50. The van der Waals surface area contributed by atoms with E-state index in [1.807, 2.05) is 42.5 Å². The second-order valence-electron chi connectivity index (χ2n) is 9.34. The van der Waals surface area contributed by atoms with E-state index in [0.29, 0.717) is 42.2 Å². The van der Waals surface area contributed by atoms with Crippen LogP contribution in [0.1, 0.15) is 0 Å². The van der Waals surface area contributed by atoms with Crippen LogP contribution in [0.4, 0.5) is 28.8 Å². The Hall–Kier alpha value is -3.55. The molecule has 1 aromatic heterocycles. The number of fused-ring (bicyclic) bond motifs is 3. The van der Waals surface area contributed by atoms with Crippen molar-refractivity contribution >= 4 is 58.8 Å². The van der Waals surface area contributed by atoms with Gasteiger partial charge in [0.05, 0.1) is 23.6 Å². The summed E-state index contributed by atoms with van der Waals surface area (Å²) < 4.78 is 18.8. The van der Waals surface area contributed by atoms with Gasteiger partial charge in [0, 0.05) is 36.7 Å². The van der Waals surface area contributed by atoms with Crippen molar-refractivity contribution in [2.75, 3.05) is 55.1 Å². The number of nitrogens with one attached hydrogen (secondary N) is 2. The number of rotatable bonds is 6. The predicted molar refractivity (Wildman–Crippen MR) is 149 cm³/mol. The normalized spacial score (nSPS) is 16.8. The maximum absolute atomic E-state index is 12.7. The molecule has 2 aliphatic heterocycles. The molecule has 1 amide bonds. The van der Waals surface area contributed by atoms with Crippen molar-refractivity contribution in [3.63, 3.8) is 0 Å². The predicted octanol–water partition coefficient (Wildman–Crippen LogP) is 4.46. The van der Waals surface area contributed by atoms with E-state index in [9.17, 15) is 9.36 Å². The minimum atomic E-state index is -2.51. The number of aromatic nitrogens is 2. The monoisotopic (exact) mass is 538 g/mol. The van der Waals surface area contributed by atoms with Crippen LogP contribution in [-0.2, 0) is 9.36 Å². The fourth-order valence-corrected chi connectivity index (χ4v) is 5.89. The lowest BCUT2D eigenvalue weighted by Crippen LogP contribution is -2.58. The number of halogens is 1. The molecule has 0 radical (unpaired) electrons. The number of para-hydroxylation sites is 1. The van der Waals surface area contributed by atoms with E-state index in [1.165, 1.54) is 12.3 Å². The average Bonchev–Trinajstić information content (AvgIpc) is 2.89. The molecule has 3 heterocycles. The standard InChI is InChI=1S/C26H28ClN6O3P/c1-4-24(34)32-11-12-33-18(15-32)16-36-22-13-17(9-10-21(22)33)29-26-28-14-19(27)25(31-26)30-20-7-5-6-8-23(20)37(2,3)35/h4-10,13-14,18H,1,11-12,15-16H2,2-3H3,(H2,28,29,30,31)/t18-/m0/s1. The molecule has 11 heteroatoms. The Morgan fingerprint density at radius 3 is 2.81 bits per heavy atom. The third-order valence-corrected chi connectivity index (χ3v) is 8.23. The van der Waals surface area contributed by atoms with E-state index in [4.69, 9.17) is 16.3 Å². The number of amides is 1. The van der Waals surface area contributed by atoms with Crippen molar-refractivity contribution in [3.05, 3.63) is 66.3 Å². The molecule has 0 aliphatic carbocycles. The van der Waals surface area contributed by atoms with E-state index in [1.54, 1.807) is 18.2 Å². The minimum Gasteiger partial charge on any atom is -0.489 e. The van der Waals surface area contributed by atoms with Gasteiger partial charge in [0.1, 0.15) is 24.5 Å². The maximum Gasteiger partial charge on any atom is 0.246 e. The first kappa shape index (κ1) is 25.1. The van der Waals surface area contributed by atoms with Gasteiger partial charge >= 0.3 is 0 Å². The molecule has 0 unspecified atom stereocenters. The number of anilines is 5. The van der Waals surface area contributed by atoms with Crippen molar-refractivity contribution in [2.45, 2.75) is 6.04 Å². The second-order valence-corrected chi connectivity index (χ2v) is 12.9. The lowest BCUT2D eigenvalue weighted by molar-refractivity contribution is -0.127. The van der Waals surface area contributed by atoms with Crippen molar-refractivity contribution in [3.8, 4) is 5.75 Å². The lowest BCUT2D eigenvalue weighted by atomic mass is 10.1. The smallest absolute Gasteiger partial charge is 0.246 e. The molecule has 0 spiro atoms. The molecule has 2 N–H and O–H groups in total. The topological polar surface area (TPSA) is 99.7 Å². The van der Waals surface area contributed by atoms with Crippen LogP contribution < -0.4 is 25.6 Å². The van der Waals surface area contributed by atoms with Crippen LogP contribution >= 0.6 is 18.7 Å². The quantitative estimate of drug-likeness (QED) is 0.350. The highest BCUT2D eigenvalue weighted by atomic mass is 35.5. The van der Waals surface area contributed by atoms with E-state index >= 15 is 0 Å². The molecule has 1 saturated heterocycles. The third-order valence-electron chi connectivity index (χ3n) is 6.41. The number of carbonyl (C=O) groups excluding carboxylic acids is 1. The van der Waals surface area contributed by atoms with Crippen molar-refractivity contribution in [2.24, 2.45) is 0 Å². The van der Waals surface area contributed by atoms with Crippen LogP contribution in [-0.4, -0.2) is 66.4 Å². The van der Waals surface area contributed by atoms with Gasteiger partial charge in [-0.05, 0) is 43.7 Å². The lowest BCUT2D eigenvalue weighted by Gasteiger charge is -2.45. The summed E-state index contributed by atoms with van der Waals surface area (Å²) in [7, 11) is -2.51. The van der Waals surface area contributed by atoms with E-state index < -0.39 is 7.14 Å². The van der Waals surface area contributed by atoms with Gasteiger partial charge in [-0.1, -0.05) is 30.3 Å². The minimum absolute atomic E-state index is 0.0521. The summed E-state index contributed by atoms with van der Waals surface area (Å²) in [5.41, 5.74) is 2.44. The summed E-state index contributed by atoms with van der Waals surface area (Å²) >= 11 is 6.37. The van der Waals surface area contributed by atoms with Crippen molar-refractivity contribution in [1.82, 2.24) is 14.9 Å². The number of hydrogen-bond acceptors (Lipinski definition) is 8. The fourth-order valence-electron chi connectivity index (χ4n) is 4.60. The Labute approximate surface area is 220 Å². The highest BCUT2D eigenvalue weighted by Gasteiger charge is 2.34. The SMILES string of the molecule is C=CC(=O)N1CCN2c3ccc(Nc4ncc(Cl)c(Nc5ccccc5P(C)(C)=O)n4)cc3OC[C@@H]2C1. The van der Waals surface area contributed by atoms with Gasteiger partial charge in [-0.15, -0.1) is 0 Å². The molecule has 0 bridgehead atoms. The first-order valence-corrected chi connectivity index (χ1v) is 14.9. The maximum atomic E-state index is 12.7. The van der Waals surface area contributed by atoms with Crippen LogP contribution in [0.2, 0.25) is 5.02 Å². The Kier molecular flexibility index (Phi) is 6.84. The van der Waals surface area contributed by atoms with Gasteiger partial charge in [0.2, 0.25) is 11.9 Å². The molecule has 5 rings (SSSR count). The second kappa shape index (κ2) is 10.1. The Morgan fingerprint density at radius 1 is 1.22 bits per heavy atom. The van der Waals surface area contributed by atoms with Gasteiger partial charge in [0.25, 0.3) is 0 Å². The summed E-state index contributed by atoms with van der Waals surface area (Å²) in [6.07, 6.45) is 2.87. The molecule has 37 heavy (non-hydrogen) atoms. The molecule has 3 aromatic rings. The summed E-state index contributed by atoms with van der Waals surface area (Å²) in [6, 6.07) is 13.4. The van der Waals surface area contributed by atoms with Crippen LogP contribution in [0.3, 0.4) is 0 Å². The van der Waals surface area contributed by atoms with Crippen LogP contribution in [0.5, 0.6) is 5.75 Å². The first-order chi connectivity index (χ1) is 17.7. The van der Waals surface area contributed by atoms with Crippen LogP contribution in [0.25, 0.3) is 0 Å². The van der Waals surface area contributed by atoms with E-state index in [0.717, 1.165) is 29.0 Å². The van der Waals surface area contributed by atoms with Gasteiger partial charge < -0.3 is 29.7 Å². The van der Waals surface area contributed by atoms with Crippen molar-refractivity contribution < 1.29 is 14.1 Å². The molecular weight excluding hydrogens is 511 g/mol. The van der Waals surface area contributed by atoms with E-state index in [2.05, 4.69) is 32.1 Å². The number of benzene rings is 2. The molecule has 9 nitrogen and oxygen atoms in total. The Balaban J connectivity index is 1.33. The number of piperazine rings is 1. The largest absolute Gasteiger partial charge is 0.489 e. The molecule has 2 aromatic carbocycles.